The van der Waals surface area contributed by atoms with Crippen LogP contribution in [-0.2, 0) is 21.2 Å². The summed E-state index contributed by atoms with van der Waals surface area (Å²) < 4.78 is 32.6. The Labute approximate surface area is 172 Å². The first-order valence-corrected chi connectivity index (χ1v) is 11.3. The highest BCUT2D eigenvalue weighted by atomic mass is 32.2. The minimum atomic E-state index is -3.73. The molecule has 1 amide bonds. The summed E-state index contributed by atoms with van der Waals surface area (Å²) in [6.45, 7) is 5.98. The number of amides is 1. The van der Waals surface area contributed by atoms with E-state index in [1.165, 1.54) is 27.1 Å². The summed E-state index contributed by atoms with van der Waals surface area (Å²) >= 11 is 0. The predicted molar refractivity (Wildman–Crippen MR) is 113 cm³/mol. The number of aryl methyl sites for hydroxylation is 3. The first-order valence-electron chi connectivity index (χ1n) is 9.91. The maximum absolute atomic E-state index is 13.0. The molecule has 0 saturated carbocycles. The van der Waals surface area contributed by atoms with Gasteiger partial charge in [0.15, 0.2) is 0 Å². The molecular weight excluding hydrogens is 388 g/mol. The summed E-state index contributed by atoms with van der Waals surface area (Å²) in [7, 11) is -3.73. The first kappa shape index (κ1) is 21.5. The number of ether oxygens (including phenoxy) is 1. The number of rotatable bonds is 7. The van der Waals surface area contributed by atoms with E-state index in [9.17, 15) is 13.2 Å². The average Bonchev–Trinajstić information content (AvgIpc) is 2.73. The van der Waals surface area contributed by atoms with Crippen molar-refractivity contribution in [1.82, 2.24) is 9.62 Å². The number of benzene rings is 2. The Morgan fingerprint density at radius 2 is 1.83 bits per heavy atom. The van der Waals surface area contributed by atoms with Gasteiger partial charge in [0.05, 0.1) is 23.7 Å². The van der Waals surface area contributed by atoms with Crippen molar-refractivity contribution in [3.8, 4) is 0 Å². The van der Waals surface area contributed by atoms with E-state index < -0.39 is 10.0 Å². The van der Waals surface area contributed by atoms with E-state index >= 15 is 0 Å². The first-order chi connectivity index (χ1) is 13.9. The lowest BCUT2D eigenvalue weighted by atomic mass is 10.0. The average molecular weight is 417 g/mol. The number of morpholine rings is 1. The van der Waals surface area contributed by atoms with Gasteiger partial charge in [-0.1, -0.05) is 35.9 Å². The van der Waals surface area contributed by atoms with Gasteiger partial charge in [-0.05, 0) is 49.9 Å². The van der Waals surface area contributed by atoms with Gasteiger partial charge >= 0.3 is 0 Å². The van der Waals surface area contributed by atoms with Crippen LogP contribution in [0.2, 0.25) is 0 Å². The molecule has 156 valence electrons. The molecule has 2 aromatic rings. The van der Waals surface area contributed by atoms with Crippen molar-refractivity contribution < 1.29 is 17.9 Å². The van der Waals surface area contributed by atoms with Gasteiger partial charge in [0.25, 0.3) is 5.91 Å². The van der Waals surface area contributed by atoms with Crippen LogP contribution in [-0.4, -0.2) is 51.5 Å². The van der Waals surface area contributed by atoms with Crippen molar-refractivity contribution in [2.45, 2.75) is 31.6 Å². The molecule has 7 heteroatoms. The molecule has 3 rings (SSSR count). The van der Waals surface area contributed by atoms with Crippen LogP contribution < -0.4 is 5.32 Å². The largest absolute Gasteiger partial charge is 0.379 e. The number of nitrogens with zero attached hydrogens (tertiary/aromatic N) is 1. The summed E-state index contributed by atoms with van der Waals surface area (Å²) in [6, 6.07) is 12.8. The molecular formula is C22H28N2O4S. The third-order valence-corrected chi connectivity index (χ3v) is 7.08. The predicted octanol–water partition coefficient (Wildman–Crippen LogP) is 2.69. The van der Waals surface area contributed by atoms with Crippen LogP contribution in [0.1, 0.15) is 33.5 Å². The van der Waals surface area contributed by atoms with E-state index in [0.29, 0.717) is 32.8 Å². The van der Waals surface area contributed by atoms with Crippen molar-refractivity contribution in [3.63, 3.8) is 0 Å². The smallest absolute Gasteiger partial charge is 0.252 e. The minimum Gasteiger partial charge on any atom is -0.379 e. The number of hydrogen-bond donors (Lipinski definition) is 1. The summed E-state index contributed by atoms with van der Waals surface area (Å²) in [5.41, 5.74) is 3.93. The highest BCUT2D eigenvalue weighted by Crippen LogP contribution is 2.21. The van der Waals surface area contributed by atoms with Gasteiger partial charge in [0.2, 0.25) is 10.0 Å². The van der Waals surface area contributed by atoms with E-state index in [0.717, 1.165) is 12.8 Å². The summed E-state index contributed by atoms with van der Waals surface area (Å²) in [4.78, 5) is 12.7. The lowest BCUT2D eigenvalue weighted by molar-refractivity contribution is 0.0730. The Morgan fingerprint density at radius 3 is 2.55 bits per heavy atom. The van der Waals surface area contributed by atoms with Crippen LogP contribution in [0.5, 0.6) is 0 Å². The Kier molecular flexibility index (Phi) is 7.05. The van der Waals surface area contributed by atoms with Crippen LogP contribution in [0.25, 0.3) is 0 Å². The molecule has 29 heavy (non-hydrogen) atoms. The molecule has 1 N–H and O–H groups in total. The minimum absolute atomic E-state index is 0.0498. The Hall–Kier alpha value is -2.22. The number of carbonyl (C=O) groups excluding carboxylic acids is 1. The zero-order valence-electron chi connectivity index (χ0n) is 17.0. The van der Waals surface area contributed by atoms with Crippen LogP contribution >= 0.6 is 0 Å². The summed E-state index contributed by atoms with van der Waals surface area (Å²) in [6.07, 6.45) is 1.65. The molecule has 0 aliphatic carbocycles. The van der Waals surface area contributed by atoms with Gasteiger partial charge in [-0.2, -0.15) is 4.31 Å². The van der Waals surface area contributed by atoms with Gasteiger partial charge < -0.3 is 10.1 Å². The standard InChI is InChI=1S/C22H28N2O4S/c1-17-9-10-19(18(2)16-17)6-5-11-23-22(25)20-7-3-4-8-21(20)29(26,27)24-12-14-28-15-13-24/h3-4,7-10,16H,5-6,11-15H2,1-2H3,(H,23,25). The van der Waals surface area contributed by atoms with Crippen LogP contribution in [0, 0.1) is 13.8 Å². The molecule has 0 bridgehead atoms. The number of hydrogen-bond acceptors (Lipinski definition) is 4. The van der Waals surface area contributed by atoms with E-state index in [1.807, 2.05) is 0 Å². The van der Waals surface area contributed by atoms with Crippen LogP contribution in [0.4, 0.5) is 0 Å². The van der Waals surface area contributed by atoms with Gasteiger partial charge in [0.1, 0.15) is 0 Å². The van der Waals surface area contributed by atoms with Crippen LogP contribution in [0.15, 0.2) is 47.4 Å². The second kappa shape index (κ2) is 9.52. The van der Waals surface area contributed by atoms with Crippen molar-refractivity contribution >= 4 is 15.9 Å². The Balaban J connectivity index is 1.64. The maximum Gasteiger partial charge on any atom is 0.252 e. The fourth-order valence-corrected chi connectivity index (χ4v) is 5.10. The third-order valence-electron chi connectivity index (χ3n) is 5.13. The second-order valence-electron chi connectivity index (χ2n) is 7.30. The SMILES string of the molecule is Cc1ccc(CCCNC(=O)c2ccccc2S(=O)(=O)N2CCOCC2)c(C)c1. The molecule has 0 aromatic heterocycles. The normalized spacial score (nSPS) is 15.2. The van der Waals surface area contributed by atoms with E-state index in [4.69, 9.17) is 4.74 Å². The fraction of sp³-hybridized carbons (Fsp3) is 0.409. The molecule has 0 radical (unpaired) electrons. The molecule has 0 unspecified atom stereocenters. The quantitative estimate of drug-likeness (QED) is 0.704. The molecule has 1 aliphatic heterocycles. The molecule has 1 saturated heterocycles. The zero-order valence-corrected chi connectivity index (χ0v) is 17.8. The number of sulfonamides is 1. The topological polar surface area (TPSA) is 75.7 Å². The molecule has 1 heterocycles. The lowest BCUT2D eigenvalue weighted by Crippen LogP contribution is -2.41. The van der Waals surface area contributed by atoms with Crippen molar-refractivity contribution in [3.05, 3.63) is 64.7 Å². The van der Waals surface area contributed by atoms with Gasteiger partial charge in [0, 0.05) is 19.6 Å². The van der Waals surface area contributed by atoms with E-state index in [1.54, 1.807) is 18.2 Å². The third kappa shape index (κ3) is 5.23. The van der Waals surface area contributed by atoms with Crippen molar-refractivity contribution in [2.75, 3.05) is 32.8 Å². The molecule has 0 atom stereocenters. The Morgan fingerprint density at radius 1 is 1.10 bits per heavy atom. The number of carbonyl (C=O) groups is 1. The molecule has 6 nitrogen and oxygen atoms in total. The Bertz CT molecular complexity index is 967. The molecule has 0 spiro atoms. The zero-order chi connectivity index (χ0) is 20.9. The second-order valence-corrected chi connectivity index (χ2v) is 9.21. The van der Waals surface area contributed by atoms with Crippen molar-refractivity contribution in [2.24, 2.45) is 0 Å². The molecule has 2 aromatic carbocycles. The lowest BCUT2D eigenvalue weighted by Gasteiger charge is -2.26. The highest BCUT2D eigenvalue weighted by molar-refractivity contribution is 7.89. The van der Waals surface area contributed by atoms with Crippen LogP contribution in [0.3, 0.4) is 0 Å². The van der Waals surface area contributed by atoms with Gasteiger partial charge in [-0.15, -0.1) is 0 Å². The highest BCUT2D eigenvalue weighted by Gasteiger charge is 2.29. The summed E-state index contributed by atoms with van der Waals surface area (Å²) in [5.74, 6) is -0.363. The maximum atomic E-state index is 13.0. The summed E-state index contributed by atoms with van der Waals surface area (Å²) in [5, 5.41) is 2.87. The van der Waals surface area contributed by atoms with E-state index in [2.05, 4.69) is 37.4 Å². The van der Waals surface area contributed by atoms with E-state index in [-0.39, 0.29) is 16.4 Å². The monoisotopic (exact) mass is 416 g/mol. The number of nitrogens with one attached hydrogen (secondary N) is 1. The molecule has 1 aliphatic rings. The van der Waals surface area contributed by atoms with Gasteiger partial charge in [-0.25, -0.2) is 8.42 Å². The van der Waals surface area contributed by atoms with Crippen molar-refractivity contribution in [1.29, 1.82) is 0 Å². The van der Waals surface area contributed by atoms with Gasteiger partial charge in [-0.3, -0.25) is 4.79 Å². The fourth-order valence-electron chi connectivity index (χ4n) is 3.51. The molecule has 1 fully saturated rings.